The Morgan fingerprint density at radius 3 is 2.55 bits per heavy atom. The zero-order valence-electron chi connectivity index (χ0n) is 12.1. The number of carbonyl (C=O) groups is 1. The summed E-state index contributed by atoms with van der Waals surface area (Å²) in [6.07, 6.45) is 1.48. The van der Waals surface area contributed by atoms with E-state index in [4.69, 9.17) is 0 Å². The number of benzene rings is 2. The van der Waals surface area contributed by atoms with Crippen molar-refractivity contribution in [2.24, 2.45) is 0 Å². The Hall–Kier alpha value is -3.02. The van der Waals surface area contributed by atoms with Gasteiger partial charge in [-0.15, -0.1) is 5.10 Å². The standard InChI is InChI=1S/C16H15N5O/c1-20(11-13-7-3-2-4-8-13)16(22)14-9-5-6-10-15(14)21-12-17-18-19-21/h2-10,12H,11H2,1H3. The number of para-hydroxylation sites is 1. The van der Waals surface area contributed by atoms with E-state index >= 15 is 0 Å². The Kier molecular flexibility index (Phi) is 3.91. The van der Waals surface area contributed by atoms with Crippen molar-refractivity contribution in [1.29, 1.82) is 0 Å². The van der Waals surface area contributed by atoms with Crippen LogP contribution in [0.3, 0.4) is 0 Å². The van der Waals surface area contributed by atoms with E-state index in [1.807, 2.05) is 48.5 Å². The summed E-state index contributed by atoms with van der Waals surface area (Å²) in [7, 11) is 1.78. The second-order valence-corrected chi connectivity index (χ2v) is 4.92. The molecular formula is C16H15N5O. The summed E-state index contributed by atoms with van der Waals surface area (Å²) in [6, 6.07) is 17.2. The number of hydrogen-bond acceptors (Lipinski definition) is 4. The van der Waals surface area contributed by atoms with Gasteiger partial charge in [-0.05, 0) is 28.1 Å². The molecule has 0 fully saturated rings. The van der Waals surface area contributed by atoms with Crippen LogP contribution in [0, 0.1) is 0 Å². The predicted molar refractivity (Wildman–Crippen MR) is 81.4 cm³/mol. The van der Waals surface area contributed by atoms with Crippen molar-refractivity contribution >= 4 is 5.91 Å². The molecule has 22 heavy (non-hydrogen) atoms. The average molecular weight is 293 g/mol. The van der Waals surface area contributed by atoms with Crippen LogP contribution in [0.5, 0.6) is 0 Å². The van der Waals surface area contributed by atoms with Crippen LogP contribution in [0.2, 0.25) is 0 Å². The summed E-state index contributed by atoms with van der Waals surface area (Å²) in [4.78, 5) is 14.4. The first-order valence-electron chi connectivity index (χ1n) is 6.87. The van der Waals surface area contributed by atoms with Crippen molar-refractivity contribution in [1.82, 2.24) is 25.1 Å². The molecule has 0 atom stereocenters. The molecule has 0 spiro atoms. The third kappa shape index (κ3) is 2.85. The van der Waals surface area contributed by atoms with Gasteiger partial charge < -0.3 is 4.90 Å². The van der Waals surface area contributed by atoms with Crippen LogP contribution in [0.15, 0.2) is 60.9 Å². The molecule has 0 unspecified atom stereocenters. The van der Waals surface area contributed by atoms with Crippen molar-refractivity contribution in [3.63, 3.8) is 0 Å². The molecule has 0 aliphatic carbocycles. The maximum absolute atomic E-state index is 12.7. The minimum atomic E-state index is -0.0741. The van der Waals surface area contributed by atoms with Crippen LogP contribution >= 0.6 is 0 Å². The lowest BCUT2D eigenvalue weighted by atomic mass is 10.1. The van der Waals surface area contributed by atoms with Gasteiger partial charge in [-0.3, -0.25) is 4.79 Å². The van der Waals surface area contributed by atoms with Crippen molar-refractivity contribution in [2.45, 2.75) is 6.54 Å². The molecule has 6 nitrogen and oxygen atoms in total. The number of tetrazole rings is 1. The average Bonchev–Trinajstić information content (AvgIpc) is 3.09. The van der Waals surface area contributed by atoms with Gasteiger partial charge in [0.25, 0.3) is 5.91 Å². The van der Waals surface area contributed by atoms with Gasteiger partial charge in [-0.2, -0.15) is 4.68 Å². The summed E-state index contributed by atoms with van der Waals surface area (Å²) in [5, 5.41) is 11.1. The molecule has 1 aromatic heterocycles. The maximum atomic E-state index is 12.7. The third-order valence-electron chi connectivity index (χ3n) is 3.34. The highest BCUT2D eigenvalue weighted by molar-refractivity contribution is 5.97. The Morgan fingerprint density at radius 2 is 1.82 bits per heavy atom. The molecule has 2 aromatic carbocycles. The number of carbonyl (C=O) groups excluding carboxylic acids is 1. The minimum absolute atomic E-state index is 0.0741. The second kappa shape index (κ2) is 6.17. The summed E-state index contributed by atoms with van der Waals surface area (Å²) in [5.74, 6) is -0.0741. The molecule has 3 aromatic rings. The molecule has 6 heteroatoms. The fourth-order valence-corrected chi connectivity index (χ4v) is 2.26. The SMILES string of the molecule is CN(Cc1ccccc1)C(=O)c1ccccc1-n1cnnn1. The van der Waals surface area contributed by atoms with E-state index in [1.165, 1.54) is 11.0 Å². The molecule has 1 amide bonds. The van der Waals surface area contributed by atoms with Gasteiger partial charge in [0.2, 0.25) is 0 Å². The van der Waals surface area contributed by atoms with Crippen molar-refractivity contribution in [2.75, 3.05) is 7.05 Å². The smallest absolute Gasteiger partial charge is 0.256 e. The number of nitrogens with zero attached hydrogens (tertiary/aromatic N) is 5. The quantitative estimate of drug-likeness (QED) is 0.737. The lowest BCUT2D eigenvalue weighted by Gasteiger charge is -2.19. The van der Waals surface area contributed by atoms with Gasteiger partial charge in [0, 0.05) is 13.6 Å². The van der Waals surface area contributed by atoms with Gasteiger partial charge in [-0.1, -0.05) is 42.5 Å². The maximum Gasteiger partial charge on any atom is 0.256 e. The first kappa shape index (κ1) is 13.9. The van der Waals surface area contributed by atoms with E-state index in [-0.39, 0.29) is 5.91 Å². The van der Waals surface area contributed by atoms with E-state index < -0.39 is 0 Å². The van der Waals surface area contributed by atoms with Crippen LogP contribution in [-0.4, -0.2) is 38.1 Å². The molecule has 0 radical (unpaired) electrons. The Labute approximate surface area is 128 Å². The van der Waals surface area contributed by atoms with Crippen LogP contribution in [0.25, 0.3) is 5.69 Å². The summed E-state index contributed by atoms with van der Waals surface area (Å²) >= 11 is 0. The molecule has 0 aliphatic rings. The molecule has 0 aliphatic heterocycles. The van der Waals surface area contributed by atoms with Gasteiger partial charge in [0.1, 0.15) is 6.33 Å². The molecular weight excluding hydrogens is 278 g/mol. The minimum Gasteiger partial charge on any atom is -0.337 e. The third-order valence-corrected chi connectivity index (χ3v) is 3.34. The van der Waals surface area contributed by atoms with Crippen molar-refractivity contribution in [3.8, 4) is 5.69 Å². The summed E-state index contributed by atoms with van der Waals surface area (Å²) < 4.78 is 1.49. The molecule has 1 heterocycles. The highest BCUT2D eigenvalue weighted by Gasteiger charge is 2.17. The number of rotatable bonds is 4. The predicted octanol–water partition coefficient (Wildman–Crippen LogP) is 1.93. The van der Waals surface area contributed by atoms with Crippen LogP contribution in [-0.2, 0) is 6.54 Å². The zero-order chi connectivity index (χ0) is 15.4. The molecule has 0 saturated carbocycles. The van der Waals surface area contributed by atoms with E-state index in [1.54, 1.807) is 18.0 Å². The number of amides is 1. The summed E-state index contributed by atoms with van der Waals surface area (Å²) in [5.41, 5.74) is 2.31. The number of aromatic nitrogens is 4. The lowest BCUT2D eigenvalue weighted by molar-refractivity contribution is 0.0785. The van der Waals surface area contributed by atoms with E-state index in [0.29, 0.717) is 17.8 Å². The summed E-state index contributed by atoms with van der Waals surface area (Å²) in [6.45, 7) is 0.545. The van der Waals surface area contributed by atoms with E-state index in [2.05, 4.69) is 15.5 Å². The number of hydrogen-bond donors (Lipinski definition) is 0. The second-order valence-electron chi connectivity index (χ2n) is 4.92. The highest BCUT2D eigenvalue weighted by Crippen LogP contribution is 2.16. The van der Waals surface area contributed by atoms with Gasteiger partial charge >= 0.3 is 0 Å². The Balaban J connectivity index is 1.86. The zero-order valence-corrected chi connectivity index (χ0v) is 12.1. The largest absolute Gasteiger partial charge is 0.337 e. The van der Waals surface area contributed by atoms with E-state index in [9.17, 15) is 4.79 Å². The molecule has 0 saturated heterocycles. The van der Waals surface area contributed by atoms with Crippen molar-refractivity contribution < 1.29 is 4.79 Å². The fourth-order valence-electron chi connectivity index (χ4n) is 2.26. The topological polar surface area (TPSA) is 63.9 Å². The first-order chi connectivity index (χ1) is 10.8. The van der Waals surface area contributed by atoms with Crippen molar-refractivity contribution in [3.05, 3.63) is 72.1 Å². The first-order valence-corrected chi connectivity index (χ1v) is 6.87. The van der Waals surface area contributed by atoms with Crippen LogP contribution in [0.4, 0.5) is 0 Å². The normalized spacial score (nSPS) is 10.4. The van der Waals surface area contributed by atoms with Gasteiger partial charge in [-0.25, -0.2) is 0 Å². The fraction of sp³-hybridized carbons (Fsp3) is 0.125. The van der Waals surface area contributed by atoms with E-state index in [0.717, 1.165) is 5.56 Å². The van der Waals surface area contributed by atoms with Gasteiger partial charge in [0.05, 0.1) is 11.3 Å². The van der Waals surface area contributed by atoms with Crippen LogP contribution < -0.4 is 0 Å². The highest BCUT2D eigenvalue weighted by atomic mass is 16.2. The Bertz CT molecular complexity index is 755. The van der Waals surface area contributed by atoms with Gasteiger partial charge in [0.15, 0.2) is 0 Å². The Morgan fingerprint density at radius 1 is 1.09 bits per heavy atom. The monoisotopic (exact) mass is 293 g/mol. The molecule has 0 N–H and O–H groups in total. The molecule has 3 rings (SSSR count). The lowest BCUT2D eigenvalue weighted by Crippen LogP contribution is -2.27. The molecule has 0 bridgehead atoms. The van der Waals surface area contributed by atoms with Crippen LogP contribution in [0.1, 0.15) is 15.9 Å². The molecule has 110 valence electrons.